The summed E-state index contributed by atoms with van der Waals surface area (Å²) in [7, 11) is -4.02. The quantitative estimate of drug-likeness (QED) is 0.531. The minimum absolute atomic E-state index is 0.0751. The maximum absolute atomic E-state index is 12.4. The van der Waals surface area contributed by atoms with Crippen molar-refractivity contribution in [1.29, 1.82) is 0 Å². The monoisotopic (exact) mass is 326 g/mol. The van der Waals surface area contributed by atoms with E-state index in [9.17, 15) is 13.2 Å². The molecule has 4 nitrogen and oxygen atoms in total. The van der Waals surface area contributed by atoms with E-state index < -0.39 is 10.1 Å². The van der Waals surface area contributed by atoms with Gasteiger partial charge in [0.15, 0.2) is 6.29 Å². The zero-order chi connectivity index (χ0) is 16.3. The average molecular weight is 326 g/mol. The summed E-state index contributed by atoms with van der Waals surface area (Å²) in [4.78, 5) is 11.3. The fourth-order valence-electron chi connectivity index (χ4n) is 2.40. The Balaban J connectivity index is 1.99. The van der Waals surface area contributed by atoms with Crippen LogP contribution in [0.3, 0.4) is 0 Å². The third kappa shape index (κ3) is 3.16. The van der Waals surface area contributed by atoms with Crippen LogP contribution in [0.4, 0.5) is 0 Å². The summed E-state index contributed by atoms with van der Waals surface area (Å²) in [6.07, 6.45) is 0.557. The summed E-state index contributed by atoms with van der Waals surface area (Å²) in [5.41, 5.74) is 0.862. The summed E-state index contributed by atoms with van der Waals surface area (Å²) in [6, 6.07) is 19.2. The summed E-state index contributed by atoms with van der Waals surface area (Å²) >= 11 is 0. The van der Waals surface area contributed by atoms with E-state index in [1.807, 2.05) is 18.2 Å². The molecule has 23 heavy (non-hydrogen) atoms. The Morgan fingerprint density at radius 1 is 0.870 bits per heavy atom. The molecule has 0 bridgehead atoms. The van der Waals surface area contributed by atoms with Crippen LogP contribution in [0.1, 0.15) is 15.9 Å². The van der Waals surface area contributed by atoms with Crippen LogP contribution >= 0.6 is 0 Å². The summed E-state index contributed by atoms with van der Waals surface area (Å²) < 4.78 is 30.0. The van der Waals surface area contributed by atoms with E-state index in [0.29, 0.717) is 11.7 Å². The number of fused-ring (bicyclic) bond motifs is 1. The van der Waals surface area contributed by atoms with Gasteiger partial charge in [-0.3, -0.25) is 8.98 Å². The molecule has 0 heterocycles. The average Bonchev–Trinajstić information content (AvgIpc) is 2.60. The van der Waals surface area contributed by atoms with Crippen molar-refractivity contribution in [2.45, 2.75) is 11.5 Å². The van der Waals surface area contributed by atoms with E-state index in [-0.39, 0.29) is 17.1 Å². The van der Waals surface area contributed by atoms with Crippen molar-refractivity contribution in [2.75, 3.05) is 0 Å². The SMILES string of the molecule is O=Cc1c(S(=O)(=O)OCc2ccccc2)ccc2ccccc12. The lowest BCUT2D eigenvalue weighted by Gasteiger charge is -2.10. The second kappa shape index (κ2) is 6.32. The Hall–Kier alpha value is -2.50. The van der Waals surface area contributed by atoms with E-state index in [4.69, 9.17) is 4.18 Å². The van der Waals surface area contributed by atoms with E-state index in [1.54, 1.807) is 42.5 Å². The fraction of sp³-hybridized carbons (Fsp3) is 0.0556. The molecule has 0 aliphatic heterocycles. The minimum atomic E-state index is -4.02. The lowest BCUT2D eigenvalue weighted by Crippen LogP contribution is -2.09. The van der Waals surface area contributed by atoms with Crippen LogP contribution in [0.15, 0.2) is 71.6 Å². The molecular weight excluding hydrogens is 312 g/mol. The number of carbonyl (C=O) groups excluding carboxylic acids is 1. The first-order valence-corrected chi connectivity index (χ1v) is 8.43. The molecule has 116 valence electrons. The van der Waals surface area contributed by atoms with Crippen LogP contribution < -0.4 is 0 Å². The highest BCUT2D eigenvalue weighted by Gasteiger charge is 2.21. The van der Waals surface area contributed by atoms with Crippen LogP contribution in [-0.4, -0.2) is 14.7 Å². The molecule has 0 amide bonds. The van der Waals surface area contributed by atoms with Gasteiger partial charge in [-0.1, -0.05) is 60.7 Å². The van der Waals surface area contributed by atoms with Crippen molar-refractivity contribution < 1.29 is 17.4 Å². The first-order valence-electron chi connectivity index (χ1n) is 7.02. The number of aldehydes is 1. The Bertz CT molecular complexity index is 947. The van der Waals surface area contributed by atoms with Crippen molar-refractivity contribution >= 4 is 27.2 Å². The van der Waals surface area contributed by atoms with Gasteiger partial charge in [0.05, 0.1) is 6.61 Å². The third-order valence-corrected chi connectivity index (χ3v) is 4.86. The van der Waals surface area contributed by atoms with Crippen LogP contribution in [0.2, 0.25) is 0 Å². The molecule has 0 aromatic heterocycles. The van der Waals surface area contributed by atoms with Crippen LogP contribution in [0.25, 0.3) is 10.8 Å². The molecule has 0 unspecified atom stereocenters. The standard InChI is InChI=1S/C18H14O4S/c19-12-17-16-9-5-4-8-15(16)10-11-18(17)23(20,21)22-13-14-6-2-1-3-7-14/h1-12H,13H2. The molecular formula is C18H14O4S. The Morgan fingerprint density at radius 2 is 1.57 bits per heavy atom. The van der Waals surface area contributed by atoms with Crippen molar-refractivity contribution in [3.63, 3.8) is 0 Å². The molecule has 3 aromatic carbocycles. The van der Waals surface area contributed by atoms with Crippen LogP contribution in [0.5, 0.6) is 0 Å². The van der Waals surface area contributed by atoms with Gasteiger partial charge < -0.3 is 0 Å². The largest absolute Gasteiger partial charge is 0.298 e. The molecule has 0 spiro atoms. The van der Waals surface area contributed by atoms with Gasteiger partial charge in [0.25, 0.3) is 10.1 Å². The maximum Gasteiger partial charge on any atom is 0.298 e. The zero-order valence-corrected chi connectivity index (χ0v) is 13.0. The van der Waals surface area contributed by atoms with E-state index in [2.05, 4.69) is 0 Å². The van der Waals surface area contributed by atoms with Crippen LogP contribution in [-0.2, 0) is 20.9 Å². The van der Waals surface area contributed by atoms with Gasteiger partial charge >= 0.3 is 0 Å². The molecule has 3 rings (SSSR count). The molecule has 0 radical (unpaired) electrons. The van der Waals surface area contributed by atoms with E-state index in [0.717, 1.165) is 10.9 Å². The lowest BCUT2D eigenvalue weighted by atomic mass is 10.1. The number of rotatable bonds is 5. The van der Waals surface area contributed by atoms with E-state index >= 15 is 0 Å². The molecule has 5 heteroatoms. The molecule has 0 fully saturated rings. The second-order valence-corrected chi connectivity index (χ2v) is 6.60. The van der Waals surface area contributed by atoms with Gasteiger partial charge in [0.2, 0.25) is 0 Å². The summed E-state index contributed by atoms with van der Waals surface area (Å²) in [6.45, 7) is -0.0751. The zero-order valence-electron chi connectivity index (χ0n) is 12.2. The number of carbonyl (C=O) groups is 1. The van der Waals surface area contributed by atoms with Gasteiger partial charge in [0, 0.05) is 5.56 Å². The lowest BCUT2D eigenvalue weighted by molar-refractivity contribution is 0.112. The molecule has 3 aromatic rings. The topological polar surface area (TPSA) is 60.4 Å². The second-order valence-electron chi connectivity index (χ2n) is 5.02. The predicted molar refractivity (Wildman–Crippen MR) is 87.8 cm³/mol. The first kappa shape index (κ1) is 15.4. The summed E-state index contributed by atoms with van der Waals surface area (Å²) in [5, 5.41) is 1.39. The normalized spacial score (nSPS) is 11.5. The van der Waals surface area contributed by atoms with Crippen molar-refractivity contribution in [3.05, 3.63) is 77.9 Å². The Morgan fingerprint density at radius 3 is 2.30 bits per heavy atom. The number of hydrogen-bond acceptors (Lipinski definition) is 4. The fourth-order valence-corrected chi connectivity index (χ4v) is 3.48. The van der Waals surface area contributed by atoms with Crippen LogP contribution in [0, 0.1) is 0 Å². The third-order valence-electron chi connectivity index (χ3n) is 3.54. The molecule has 0 saturated carbocycles. The Labute approximate surface area is 134 Å². The van der Waals surface area contributed by atoms with Gasteiger partial charge in [-0.15, -0.1) is 0 Å². The number of benzene rings is 3. The van der Waals surface area contributed by atoms with Gasteiger partial charge in [0.1, 0.15) is 4.90 Å². The van der Waals surface area contributed by atoms with Crippen molar-refractivity contribution in [3.8, 4) is 0 Å². The van der Waals surface area contributed by atoms with Gasteiger partial charge in [-0.05, 0) is 22.4 Å². The predicted octanol–water partition coefficient (Wildman–Crippen LogP) is 3.56. The van der Waals surface area contributed by atoms with E-state index in [1.165, 1.54) is 6.07 Å². The van der Waals surface area contributed by atoms with Crippen molar-refractivity contribution in [1.82, 2.24) is 0 Å². The first-order chi connectivity index (χ1) is 11.1. The minimum Gasteiger partial charge on any atom is -0.298 e. The molecule has 0 atom stereocenters. The highest BCUT2D eigenvalue weighted by molar-refractivity contribution is 7.86. The summed E-state index contributed by atoms with van der Waals surface area (Å²) in [5.74, 6) is 0. The highest BCUT2D eigenvalue weighted by Crippen LogP contribution is 2.26. The molecule has 0 aliphatic carbocycles. The van der Waals surface area contributed by atoms with Gasteiger partial charge in [-0.25, -0.2) is 0 Å². The highest BCUT2D eigenvalue weighted by atomic mass is 32.2. The molecule has 0 saturated heterocycles. The maximum atomic E-state index is 12.4. The smallest absolute Gasteiger partial charge is 0.298 e. The van der Waals surface area contributed by atoms with Crippen molar-refractivity contribution in [2.24, 2.45) is 0 Å². The molecule has 0 N–H and O–H groups in total. The molecule has 0 aliphatic rings. The van der Waals surface area contributed by atoms with Gasteiger partial charge in [-0.2, -0.15) is 8.42 Å². The Kier molecular flexibility index (Phi) is 4.23. The number of hydrogen-bond donors (Lipinski definition) is 0.